The number of methoxy groups -OCH3 is 1. The molecule has 112 valence electrons. The van der Waals surface area contributed by atoms with Crippen LogP contribution in [0.15, 0.2) is 12.1 Å². The minimum Gasteiger partial charge on any atom is -0.493 e. The molecule has 5 heteroatoms. The third-order valence-corrected chi connectivity index (χ3v) is 3.62. The molecule has 0 amide bonds. The highest BCUT2D eigenvalue weighted by Gasteiger charge is 2.19. The second-order valence-corrected chi connectivity index (χ2v) is 5.74. The number of hydrogen-bond acceptors (Lipinski definition) is 4. The molecular formula is C15H22ClNO3. The van der Waals surface area contributed by atoms with Crippen LogP contribution in [-0.4, -0.2) is 33.0 Å². The van der Waals surface area contributed by atoms with Gasteiger partial charge in [0.25, 0.3) is 0 Å². The zero-order chi connectivity index (χ0) is 14.5. The van der Waals surface area contributed by atoms with Crippen LogP contribution in [0.25, 0.3) is 0 Å². The van der Waals surface area contributed by atoms with Crippen molar-refractivity contribution >= 4 is 11.6 Å². The van der Waals surface area contributed by atoms with Crippen molar-refractivity contribution in [1.29, 1.82) is 0 Å². The molecule has 0 saturated carbocycles. The first-order valence-corrected chi connectivity index (χ1v) is 7.30. The van der Waals surface area contributed by atoms with Crippen molar-refractivity contribution in [2.24, 2.45) is 11.7 Å². The van der Waals surface area contributed by atoms with Gasteiger partial charge in [0, 0.05) is 18.6 Å². The topological polar surface area (TPSA) is 53.7 Å². The van der Waals surface area contributed by atoms with Crippen LogP contribution in [0.4, 0.5) is 0 Å². The van der Waals surface area contributed by atoms with E-state index in [4.69, 9.17) is 31.5 Å². The van der Waals surface area contributed by atoms with Gasteiger partial charge in [-0.15, -0.1) is 0 Å². The Morgan fingerprint density at radius 3 is 2.90 bits per heavy atom. The highest BCUT2D eigenvalue weighted by atomic mass is 35.5. The number of halogens is 1. The Balaban J connectivity index is 2.10. The normalized spacial score (nSPS) is 19.9. The van der Waals surface area contributed by atoms with Gasteiger partial charge in [0.2, 0.25) is 0 Å². The van der Waals surface area contributed by atoms with E-state index in [-0.39, 0.29) is 6.04 Å². The number of hydrogen-bond donors (Lipinski definition) is 1. The number of ether oxygens (including phenoxy) is 3. The van der Waals surface area contributed by atoms with Crippen molar-refractivity contribution in [2.45, 2.75) is 25.8 Å². The maximum absolute atomic E-state index is 6.31. The molecule has 4 nitrogen and oxygen atoms in total. The lowest BCUT2D eigenvalue weighted by atomic mass is 10.1. The van der Waals surface area contributed by atoms with Gasteiger partial charge in [-0.05, 0) is 37.5 Å². The molecule has 1 aliphatic rings. The standard InChI is InChI=1S/C15H22ClNO3/c1-10(17)5-12-6-13(16)15(14(7-12)18-2)20-9-11-3-4-19-8-11/h6-7,10-11H,3-5,8-9,17H2,1-2H3. The molecule has 1 aliphatic heterocycles. The highest BCUT2D eigenvalue weighted by molar-refractivity contribution is 6.32. The minimum absolute atomic E-state index is 0.0816. The second-order valence-electron chi connectivity index (χ2n) is 5.33. The Bertz CT molecular complexity index is 445. The molecule has 2 N–H and O–H groups in total. The predicted molar refractivity (Wildman–Crippen MR) is 79.8 cm³/mol. The molecule has 0 spiro atoms. The summed E-state index contributed by atoms with van der Waals surface area (Å²) in [5.41, 5.74) is 6.87. The average molecular weight is 300 g/mol. The number of rotatable bonds is 6. The fourth-order valence-corrected chi connectivity index (χ4v) is 2.61. The van der Waals surface area contributed by atoms with E-state index in [2.05, 4.69) is 0 Å². The predicted octanol–water partition coefficient (Wildman–Crippen LogP) is 2.65. The number of nitrogens with two attached hydrogens (primary N) is 1. The van der Waals surface area contributed by atoms with Crippen LogP contribution >= 0.6 is 11.6 Å². The van der Waals surface area contributed by atoms with Crippen LogP contribution in [0.1, 0.15) is 18.9 Å². The van der Waals surface area contributed by atoms with Gasteiger partial charge in [0.05, 0.1) is 25.3 Å². The summed E-state index contributed by atoms with van der Waals surface area (Å²) in [7, 11) is 1.62. The lowest BCUT2D eigenvalue weighted by Gasteiger charge is -2.16. The SMILES string of the molecule is COc1cc(CC(C)N)cc(Cl)c1OCC1CCOC1. The van der Waals surface area contributed by atoms with Crippen LogP contribution in [0.5, 0.6) is 11.5 Å². The molecule has 20 heavy (non-hydrogen) atoms. The summed E-state index contributed by atoms with van der Waals surface area (Å²) in [6.45, 7) is 4.13. The summed E-state index contributed by atoms with van der Waals surface area (Å²) >= 11 is 6.31. The molecule has 1 aromatic carbocycles. The van der Waals surface area contributed by atoms with Crippen LogP contribution in [0, 0.1) is 5.92 Å². The lowest BCUT2D eigenvalue weighted by Crippen LogP contribution is -2.18. The minimum atomic E-state index is 0.0816. The maximum Gasteiger partial charge on any atom is 0.179 e. The molecule has 1 heterocycles. The van der Waals surface area contributed by atoms with Crippen LogP contribution in [0.2, 0.25) is 5.02 Å². The highest BCUT2D eigenvalue weighted by Crippen LogP contribution is 2.37. The molecule has 2 rings (SSSR count). The van der Waals surface area contributed by atoms with Crippen LogP contribution < -0.4 is 15.2 Å². The van der Waals surface area contributed by atoms with Crippen LogP contribution in [0.3, 0.4) is 0 Å². The molecule has 1 aromatic rings. The summed E-state index contributed by atoms with van der Waals surface area (Å²) in [4.78, 5) is 0. The molecule has 0 aromatic heterocycles. The van der Waals surface area contributed by atoms with Gasteiger partial charge in [-0.1, -0.05) is 11.6 Å². The molecule has 0 bridgehead atoms. The third kappa shape index (κ3) is 4.01. The van der Waals surface area contributed by atoms with E-state index in [1.807, 2.05) is 19.1 Å². The van der Waals surface area contributed by atoms with E-state index in [0.29, 0.717) is 29.0 Å². The Kier molecular flexibility index (Phi) is 5.52. The third-order valence-electron chi connectivity index (χ3n) is 3.33. The summed E-state index contributed by atoms with van der Waals surface area (Å²) in [6, 6.07) is 3.92. The first-order chi connectivity index (χ1) is 9.60. The second kappa shape index (κ2) is 7.16. The first kappa shape index (κ1) is 15.4. The smallest absolute Gasteiger partial charge is 0.179 e. The van der Waals surface area contributed by atoms with Gasteiger partial charge in [0.1, 0.15) is 0 Å². The Morgan fingerprint density at radius 1 is 1.50 bits per heavy atom. The quantitative estimate of drug-likeness (QED) is 0.877. The van der Waals surface area contributed by atoms with Crippen molar-refractivity contribution in [2.75, 3.05) is 26.9 Å². The summed E-state index contributed by atoms with van der Waals surface area (Å²) in [6.07, 6.45) is 1.79. The molecule has 2 atom stereocenters. The summed E-state index contributed by atoms with van der Waals surface area (Å²) in [5, 5.41) is 0.568. The van der Waals surface area contributed by atoms with Crippen molar-refractivity contribution < 1.29 is 14.2 Å². The molecule has 0 aliphatic carbocycles. The Hall–Kier alpha value is -0.970. The van der Waals surface area contributed by atoms with Crippen molar-refractivity contribution in [1.82, 2.24) is 0 Å². The van der Waals surface area contributed by atoms with Gasteiger partial charge in [-0.2, -0.15) is 0 Å². The van der Waals surface area contributed by atoms with Crippen molar-refractivity contribution in [3.8, 4) is 11.5 Å². The van der Waals surface area contributed by atoms with Gasteiger partial charge in [0.15, 0.2) is 11.5 Å². The zero-order valence-electron chi connectivity index (χ0n) is 12.0. The molecular weight excluding hydrogens is 278 g/mol. The van der Waals surface area contributed by atoms with Crippen molar-refractivity contribution in [3.05, 3.63) is 22.7 Å². The molecule has 1 saturated heterocycles. The average Bonchev–Trinajstić information content (AvgIpc) is 2.89. The Morgan fingerprint density at radius 2 is 2.30 bits per heavy atom. The van der Waals surface area contributed by atoms with Gasteiger partial charge in [-0.3, -0.25) is 0 Å². The summed E-state index contributed by atoms with van der Waals surface area (Å²) < 4.78 is 16.6. The zero-order valence-corrected chi connectivity index (χ0v) is 12.8. The Labute approximate surface area is 125 Å². The fourth-order valence-electron chi connectivity index (χ4n) is 2.32. The van der Waals surface area contributed by atoms with E-state index in [9.17, 15) is 0 Å². The number of benzene rings is 1. The summed E-state index contributed by atoms with van der Waals surface area (Å²) in [5.74, 6) is 1.70. The van der Waals surface area contributed by atoms with Gasteiger partial charge < -0.3 is 19.9 Å². The van der Waals surface area contributed by atoms with E-state index in [1.54, 1.807) is 7.11 Å². The van der Waals surface area contributed by atoms with E-state index >= 15 is 0 Å². The van der Waals surface area contributed by atoms with E-state index in [1.165, 1.54) is 0 Å². The van der Waals surface area contributed by atoms with E-state index in [0.717, 1.165) is 31.6 Å². The van der Waals surface area contributed by atoms with Crippen LogP contribution in [-0.2, 0) is 11.2 Å². The van der Waals surface area contributed by atoms with Crippen molar-refractivity contribution in [3.63, 3.8) is 0 Å². The molecule has 1 fully saturated rings. The monoisotopic (exact) mass is 299 g/mol. The van der Waals surface area contributed by atoms with Gasteiger partial charge in [-0.25, -0.2) is 0 Å². The van der Waals surface area contributed by atoms with Gasteiger partial charge >= 0.3 is 0 Å². The lowest BCUT2D eigenvalue weighted by molar-refractivity contribution is 0.165. The fraction of sp³-hybridized carbons (Fsp3) is 0.600. The largest absolute Gasteiger partial charge is 0.493 e. The first-order valence-electron chi connectivity index (χ1n) is 6.92. The molecule has 2 unspecified atom stereocenters. The molecule has 0 radical (unpaired) electrons. The van der Waals surface area contributed by atoms with E-state index < -0.39 is 0 Å². The maximum atomic E-state index is 6.31.